The van der Waals surface area contributed by atoms with E-state index >= 15 is 0 Å². The third-order valence-electron chi connectivity index (χ3n) is 3.46. The van der Waals surface area contributed by atoms with Crippen LogP contribution in [0.15, 0.2) is 18.2 Å². The SMILES string of the molecule is CCC1CCC(C)c2cc(F)ccc21. The van der Waals surface area contributed by atoms with Gasteiger partial charge in [-0.3, -0.25) is 0 Å². The summed E-state index contributed by atoms with van der Waals surface area (Å²) in [6, 6.07) is 5.30. The summed E-state index contributed by atoms with van der Waals surface area (Å²) in [6.45, 7) is 4.41. The summed E-state index contributed by atoms with van der Waals surface area (Å²) in [6.07, 6.45) is 3.64. The van der Waals surface area contributed by atoms with E-state index in [0.717, 1.165) is 0 Å². The quantitative estimate of drug-likeness (QED) is 0.625. The molecule has 1 heteroatoms. The molecule has 1 aliphatic rings. The maximum absolute atomic E-state index is 13.1. The van der Waals surface area contributed by atoms with Gasteiger partial charge in [0.1, 0.15) is 5.82 Å². The topological polar surface area (TPSA) is 0 Å². The molecule has 0 saturated carbocycles. The molecule has 0 aliphatic heterocycles. The molecule has 0 spiro atoms. The normalized spacial score (nSPS) is 25.9. The van der Waals surface area contributed by atoms with Crippen molar-refractivity contribution >= 4 is 0 Å². The fraction of sp³-hybridized carbons (Fsp3) is 0.538. The molecule has 0 bridgehead atoms. The summed E-state index contributed by atoms with van der Waals surface area (Å²) >= 11 is 0. The zero-order chi connectivity index (χ0) is 10.1. The Morgan fingerprint density at radius 2 is 2.07 bits per heavy atom. The Kier molecular flexibility index (Phi) is 2.58. The van der Waals surface area contributed by atoms with Gasteiger partial charge in [0.25, 0.3) is 0 Å². The van der Waals surface area contributed by atoms with Gasteiger partial charge in [-0.1, -0.05) is 19.9 Å². The summed E-state index contributed by atoms with van der Waals surface area (Å²) in [7, 11) is 0. The second-order valence-electron chi connectivity index (χ2n) is 4.36. The number of benzene rings is 1. The Morgan fingerprint density at radius 1 is 1.29 bits per heavy atom. The zero-order valence-electron chi connectivity index (χ0n) is 8.89. The van der Waals surface area contributed by atoms with Gasteiger partial charge in [0.2, 0.25) is 0 Å². The number of hydrogen-bond acceptors (Lipinski definition) is 0. The van der Waals surface area contributed by atoms with Gasteiger partial charge in [0.05, 0.1) is 0 Å². The predicted octanol–water partition coefficient (Wildman–Crippen LogP) is 4.22. The van der Waals surface area contributed by atoms with Gasteiger partial charge in [-0.2, -0.15) is 0 Å². The third-order valence-corrected chi connectivity index (χ3v) is 3.46. The van der Waals surface area contributed by atoms with E-state index in [1.165, 1.54) is 30.4 Å². The summed E-state index contributed by atoms with van der Waals surface area (Å²) in [5.41, 5.74) is 2.62. The molecule has 0 aromatic heterocycles. The monoisotopic (exact) mass is 192 g/mol. The van der Waals surface area contributed by atoms with Crippen LogP contribution in [0.2, 0.25) is 0 Å². The maximum atomic E-state index is 13.1. The smallest absolute Gasteiger partial charge is 0.123 e. The summed E-state index contributed by atoms with van der Waals surface area (Å²) in [5.74, 6) is 1.10. The fourth-order valence-corrected chi connectivity index (χ4v) is 2.53. The van der Waals surface area contributed by atoms with Crippen LogP contribution in [0.3, 0.4) is 0 Å². The fourth-order valence-electron chi connectivity index (χ4n) is 2.53. The molecular weight excluding hydrogens is 175 g/mol. The number of halogens is 1. The van der Waals surface area contributed by atoms with Gasteiger partial charge >= 0.3 is 0 Å². The van der Waals surface area contributed by atoms with E-state index in [9.17, 15) is 4.39 Å². The second-order valence-corrected chi connectivity index (χ2v) is 4.36. The van der Waals surface area contributed by atoms with Gasteiger partial charge in [-0.05, 0) is 54.4 Å². The lowest BCUT2D eigenvalue weighted by Crippen LogP contribution is -2.12. The molecule has 0 heterocycles. The largest absolute Gasteiger partial charge is 0.207 e. The zero-order valence-corrected chi connectivity index (χ0v) is 8.89. The molecule has 76 valence electrons. The molecular formula is C13H17F. The van der Waals surface area contributed by atoms with E-state index in [1.54, 1.807) is 12.1 Å². The summed E-state index contributed by atoms with van der Waals surface area (Å²) in [5, 5.41) is 0. The molecule has 14 heavy (non-hydrogen) atoms. The van der Waals surface area contributed by atoms with E-state index < -0.39 is 0 Å². The van der Waals surface area contributed by atoms with Crippen LogP contribution in [-0.2, 0) is 0 Å². The van der Waals surface area contributed by atoms with Gasteiger partial charge in [0.15, 0.2) is 0 Å². The van der Waals surface area contributed by atoms with Gasteiger partial charge in [-0.25, -0.2) is 4.39 Å². The molecule has 2 rings (SSSR count). The molecule has 1 aromatic carbocycles. The molecule has 0 saturated heterocycles. The highest BCUT2D eigenvalue weighted by Gasteiger charge is 2.23. The van der Waals surface area contributed by atoms with E-state index in [4.69, 9.17) is 0 Å². The van der Waals surface area contributed by atoms with Crippen LogP contribution in [0.5, 0.6) is 0 Å². The van der Waals surface area contributed by atoms with Gasteiger partial charge in [-0.15, -0.1) is 0 Å². The first-order valence-electron chi connectivity index (χ1n) is 5.51. The minimum absolute atomic E-state index is 0.0904. The first kappa shape index (κ1) is 9.70. The predicted molar refractivity (Wildman–Crippen MR) is 57.1 cm³/mol. The van der Waals surface area contributed by atoms with E-state index in [2.05, 4.69) is 13.8 Å². The highest BCUT2D eigenvalue weighted by Crippen LogP contribution is 2.40. The van der Waals surface area contributed by atoms with Crippen molar-refractivity contribution in [1.82, 2.24) is 0 Å². The summed E-state index contributed by atoms with van der Waals surface area (Å²) in [4.78, 5) is 0. The van der Waals surface area contributed by atoms with Crippen LogP contribution < -0.4 is 0 Å². The Balaban J connectivity index is 2.45. The molecule has 0 nitrogen and oxygen atoms in total. The van der Waals surface area contributed by atoms with Crippen LogP contribution in [0.25, 0.3) is 0 Å². The van der Waals surface area contributed by atoms with Gasteiger partial charge < -0.3 is 0 Å². The molecule has 0 radical (unpaired) electrons. The van der Waals surface area contributed by atoms with Crippen LogP contribution in [0.1, 0.15) is 56.1 Å². The van der Waals surface area contributed by atoms with Crippen molar-refractivity contribution in [2.45, 2.75) is 44.9 Å². The second kappa shape index (κ2) is 3.72. The third kappa shape index (κ3) is 1.56. The first-order chi connectivity index (χ1) is 6.72. The molecule has 2 atom stereocenters. The van der Waals surface area contributed by atoms with Crippen molar-refractivity contribution in [2.24, 2.45) is 0 Å². The van der Waals surface area contributed by atoms with Crippen molar-refractivity contribution < 1.29 is 4.39 Å². The number of hydrogen-bond donors (Lipinski definition) is 0. The van der Waals surface area contributed by atoms with Crippen LogP contribution in [0.4, 0.5) is 4.39 Å². The lowest BCUT2D eigenvalue weighted by atomic mass is 9.76. The standard InChI is InChI=1S/C13H17F/c1-3-10-5-4-9(2)13-8-11(14)6-7-12(10)13/h6-10H,3-5H2,1-2H3. The molecule has 1 aromatic rings. The Labute approximate surface area is 85.1 Å². The lowest BCUT2D eigenvalue weighted by Gasteiger charge is -2.29. The van der Waals surface area contributed by atoms with Crippen LogP contribution in [-0.4, -0.2) is 0 Å². The first-order valence-corrected chi connectivity index (χ1v) is 5.51. The Morgan fingerprint density at radius 3 is 2.79 bits per heavy atom. The van der Waals surface area contributed by atoms with E-state index in [-0.39, 0.29) is 5.82 Å². The Bertz CT molecular complexity index is 330. The van der Waals surface area contributed by atoms with E-state index in [0.29, 0.717) is 11.8 Å². The van der Waals surface area contributed by atoms with E-state index in [1.807, 2.05) is 6.07 Å². The highest BCUT2D eigenvalue weighted by atomic mass is 19.1. The summed E-state index contributed by atoms with van der Waals surface area (Å²) < 4.78 is 13.1. The average molecular weight is 192 g/mol. The van der Waals surface area contributed by atoms with Crippen molar-refractivity contribution in [1.29, 1.82) is 0 Å². The molecule has 1 aliphatic carbocycles. The number of rotatable bonds is 1. The van der Waals surface area contributed by atoms with Crippen LogP contribution in [0, 0.1) is 5.82 Å². The van der Waals surface area contributed by atoms with Crippen molar-refractivity contribution in [3.63, 3.8) is 0 Å². The maximum Gasteiger partial charge on any atom is 0.123 e. The minimum Gasteiger partial charge on any atom is -0.207 e. The molecule has 0 fully saturated rings. The van der Waals surface area contributed by atoms with Crippen molar-refractivity contribution in [3.8, 4) is 0 Å². The molecule has 0 N–H and O–H groups in total. The highest BCUT2D eigenvalue weighted by molar-refractivity contribution is 5.35. The number of fused-ring (bicyclic) bond motifs is 1. The van der Waals surface area contributed by atoms with Gasteiger partial charge in [0, 0.05) is 0 Å². The Hall–Kier alpha value is -0.850. The average Bonchev–Trinajstić information content (AvgIpc) is 2.19. The van der Waals surface area contributed by atoms with Crippen molar-refractivity contribution in [3.05, 3.63) is 35.1 Å². The van der Waals surface area contributed by atoms with Crippen LogP contribution >= 0.6 is 0 Å². The molecule has 0 amide bonds. The lowest BCUT2D eigenvalue weighted by molar-refractivity contribution is 0.488. The van der Waals surface area contributed by atoms with Crippen molar-refractivity contribution in [2.75, 3.05) is 0 Å². The minimum atomic E-state index is -0.0904. The molecule has 2 unspecified atom stereocenters.